The van der Waals surface area contributed by atoms with E-state index in [1.807, 2.05) is 12.1 Å². The summed E-state index contributed by atoms with van der Waals surface area (Å²) in [6, 6.07) is 14.8. The van der Waals surface area contributed by atoms with Gasteiger partial charge in [-0.3, -0.25) is 0 Å². The highest BCUT2D eigenvalue weighted by Crippen LogP contribution is 2.16. The van der Waals surface area contributed by atoms with E-state index in [4.69, 9.17) is 0 Å². The Labute approximate surface area is 111 Å². The number of rotatable bonds is 3. The van der Waals surface area contributed by atoms with Crippen LogP contribution in [0, 0.1) is 13.8 Å². The second-order valence-electron chi connectivity index (χ2n) is 4.29. The molecule has 0 saturated heterocycles. The molecule has 2 rings (SSSR count). The minimum atomic E-state index is 0.869. The Morgan fingerprint density at radius 1 is 1.00 bits per heavy atom. The molecule has 1 nitrogen and oxygen atoms in total. The molecule has 0 heterocycles. The average Bonchev–Trinajstić information content (AvgIpc) is 2.30. The lowest BCUT2D eigenvalue weighted by atomic mass is 10.1. The molecule has 0 saturated carbocycles. The quantitative estimate of drug-likeness (QED) is 0.865. The van der Waals surface area contributed by atoms with Gasteiger partial charge in [0.25, 0.3) is 0 Å². The normalized spacial score (nSPS) is 10.3. The molecular formula is C15H16BrN. The summed E-state index contributed by atoms with van der Waals surface area (Å²) < 4.78 is 1.11. The summed E-state index contributed by atoms with van der Waals surface area (Å²) in [4.78, 5) is 0. The molecule has 17 heavy (non-hydrogen) atoms. The van der Waals surface area contributed by atoms with Crippen molar-refractivity contribution >= 4 is 21.6 Å². The molecule has 0 spiro atoms. The van der Waals surface area contributed by atoms with Crippen LogP contribution in [0.5, 0.6) is 0 Å². The molecule has 0 aliphatic carbocycles. The van der Waals surface area contributed by atoms with E-state index in [1.165, 1.54) is 16.7 Å². The minimum absolute atomic E-state index is 0.869. The van der Waals surface area contributed by atoms with Crippen molar-refractivity contribution < 1.29 is 0 Å². The summed E-state index contributed by atoms with van der Waals surface area (Å²) in [5.41, 5.74) is 5.15. The number of benzene rings is 2. The van der Waals surface area contributed by atoms with E-state index >= 15 is 0 Å². The molecule has 2 heteroatoms. The zero-order valence-corrected chi connectivity index (χ0v) is 11.7. The topological polar surface area (TPSA) is 12.0 Å². The standard InChI is InChI=1S/C15H16BrN/c1-11-3-4-13(12(2)9-11)10-17-15-7-5-14(16)6-8-15/h3-9,17H,10H2,1-2H3. The molecular weight excluding hydrogens is 274 g/mol. The summed E-state index contributed by atoms with van der Waals surface area (Å²) in [6.45, 7) is 5.15. The SMILES string of the molecule is Cc1ccc(CNc2ccc(Br)cc2)c(C)c1. The summed E-state index contributed by atoms with van der Waals surface area (Å²) in [5.74, 6) is 0. The van der Waals surface area contributed by atoms with Crippen LogP contribution >= 0.6 is 15.9 Å². The van der Waals surface area contributed by atoms with Crippen LogP contribution in [0.2, 0.25) is 0 Å². The van der Waals surface area contributed by atoms with E-state index in [0.29, 0.717) is 0 Å². The van der Waals surface area contributed by atoms with Gasteiger partial charge in [0.2, 0.25) is 0 Å². The fourth-order valence-electron chi connectivity index (χ4n) is 1.81. The molecule has 0 atom stereocenters. The highest BCUT2D eigenvalue weighted by Gasteiger charge is 1.98. The molecule has 0 amide bonds. The first kappa shape index (κ1) is 12.2. The third-order valence-corrected chi connectivity index (χ3v) is 3.35. The lowest BCUT2D eigenvalue weighted by Gasteiger charge is -2.09. The molecule has 0 fully saturated rings. The number of aryl methyl sites for hydroxylation is 2. The van der Waals surface area contributed by atoms with Crippen molar-refractivity contribution in [2.24, 2.45) is 0 Å². The van der Waals surface area contributed by atoms with E-state index in [1.54, 1.807) is 0 Å². The highest BCUT2D eigenvalue weighted by atomic mass is 79.9. The zero-order valence-electron chi connectivity index (χ0n) is 10.1. The van der Waals surface area contributed by atoms with E-state index in [0.717, 1.165) is 16.7 Å². The first-order chi connectivity index (χ1) is 8.15. The van der Waals surface area contributed by atoms with Crippen molar-refractivity contribution in [2.75, 3.05) is 5.32 Å². The van der Waals surface area contributed by atoms with Gasteiger partial charge in [0, 0.05) is 16.7 Å². The number of anilines is 1. The van der Waals surface area contributed by atoms with Gasteiger partial charge in [0.05, 0.1) is 0 Å². The Kier molecular flexibility index (Phi) is 3.85. The van der Waals surface area contributed by atoms with Crippen LogP contribution in [0.3, 0.4) is 0 Å². The molecule has 88 valence electrons. The lowest BCUT2D eigenvalue weighted by Crippen LogP contribution is -2.01. The highest BCUT2D eigenvalue weighted by molar-refractivity contribution is 9.10. The number of halogens is 1. The number of hydrogen-bond acceptors (Lipinski definition) is 1. The van der Waals surface area contributed by atoms with Crippen LogP contribution in [-0.2, 0) is 6.54 Å². The summed E-state index contributed by atoms with van der Waals surface area (Å²) >= 11 is 3.43. The first-order valence-electron chi connectivity index (χ1n) is 5.71. The maximum absolute atomic E-state index is 3.43. The van der Waals surface area contributed by atoms with Crippen molar-refractivity contribution in [1.29, 1.82) is 0 Å². The van der Waals surface area contributed by atoms with Gasteiger partial charge in [-0.25, -0.2) is 0 Å². The molecule has 0 aliphatic heterocycles. The lowest BCUT2D eigenvalue weighted by molar-refractivity contribution is 1.11. The van der Waals surface area contributed by atoms with Crippen molar-refractivity contribution in [3.8, 4) is 0 Å². The van der Waals surface area contributed by atoms with Gasteiger partial charge in [0.1, 0.15) is 0 Å². The van der Waals surface area contributed by atoms with Crippen LogP contribution in [-0.4, -0.2) is 0 Å². The summed E-state index contributed by atoms with van der Waals surface area (Å²) in [5, 5.41) is 3.43. The fourth-order valence-corrected chi connectivity index (χ4v) is 2.07. The minimum Gasteiger partial charge on any atom is -0.381 e. The van der Waals surface area contributed by atoms with Crippen LogP contribution in [0.25, 0.3) is 0 Å². The van der Waals surface area contributed by atoms with Crippen molar-refractivity contribution in [3.05, 3.63) is 63.6 Å². The van der Waals surface area contributed by atoms with Crippen LogP contribution in [0.1, 0.15) is 16.7 Å². The number of nitrogens with one attached hydrogen (secondary N) is 1. The maximum atomic E-state index is 3.43. The Morgan fingerprint density at radius 2 is 1.71 bits per heavy atom. The van der Waals surface area contributed by atoms with Crippen LogP contribution in [0.15, 0.2) is 46.9 Å². The van der Waals surface area contributed by atoms with E-state index in [9.17, 15) is 0 Å². The van der Waals surface area contributed by atoms with Gasteiger partial charge in [-0.15, -0.1) is 0 Å². The fraction of sp³-hybridized carbons (Fsp3) is 0.200. The van der Waals surface area contributed by atoms with Crippen LogP contribution < -0.4 is 5.32 Å². The molecule has 0 radical (unpaired) electrons. The maximum Gasteiger partial charge on any atom is 0.0403 e. The predicted octanol–water partition coefficient (Wildman–Crippen LogP) is 4.68. The second kappa shape index (κ2) is 5.37. The van der Waals surface area contributed by atoms with E-state index < -0.39 is 0 Å². The van der Waals surface area contributed by atoms with Gasteiger partial charge < -0.3 is 5.32 Å². The molecule has 2 aromatic carbocycles. The zero-order chi connectivity index (χ0) is 12.3. The molecule has 1 N–H and O–H groups in total. The molecule has 0 unspecified atom stereocenters. The number of hydrogen-bond donors (Lipinski definition) is 1. The smallest absolute Gasteiger partial charge is 0.0403 e. The summed E-state index contributed by atoms with van der Waals surface area (Å²) in [6.07, 6.45) is 0. The molecule has 0 bridgehead atoms. The third-order valence-electron chi connectivity index (χ3n) is 2.83. The molecule has 0 aliphatic rings. The summed E-state index contributed by atoms with van der Waals surface area (Å²) in [7, 11) is 0. The Hall–Kier alpha value is -1.28. The Bertz CT molecular complexity index is 503. The van der Waals surface area contributed by atoms with Crippen molar-refractivity contribution in [2.45, 2.75) is 20.4 Å². The van der Waals surface area contributed by atoms with Crippen LogP contribution in [0.4, 0.5) is 5.69 Å². The van der Waals surface area contributed by atoms with Gasteiger partial charge >= 0.3 is 0 Å². The predicted molar refractivity (Wildman–Crippen MR) is 77.4 cm³/mol. The van der Waals surface area contributed by atoms with Gasteiger partial charge in [-0.2, -0.15) is 0 Å². The Morgan fingerprint density at radius 3 is 2.35 bits per heavy atom. The third kappa shape index (κ3) is 3.34. The Balaban J connectivity index is 2.04. The van der Waals surface area contributed by atoms with Gasteiger partial charge in [-0.1, -0.05) is 39.7 Å². The van der Waals surface area contributed by atoms with E-state index in [-0.39, 0.29) is 0 Å². The first-order valence-corrected chi connectivity index (χ1v) is 6.50. The van der Waals surface area contributed by atoms with Crippen molar-refractivity contribution in [1.82, 2.24) is 0 Å². The second-order valence-corrected chi connectivity index (χ2v) is 5.21. The molecule has 2 aromatic rings. The monoisotopic (exact) mass is 289 g/mol. The molecule has 0 aromatic heterocycles. The van der Waals surface area contributed by atoms with E-state index in [2.05, 4.69) is 65.4 Å². The average molecular weight is 290 g/mol. The van der Waals surface area contributed by atoms with Gasteiger partial charge in [-0.05, 0) is 49.2 Å². The van der Waals surface area contributed by atoms with Crippen molar-refractivity contribution in [3.63, 3.8) is 0 Å². The largest absolute Gasteiger partial charge is 0.381 e. The van der Waals surface area contributed by atoms with Gasteiger partial charge in [0.15, 0.2) is 0 Å².